The van der Waals surface area contributed by atoms with Crippen molar-refractivity contribution in [3.8, 4) is 11.1 Å². The molecule has 2 heterocycles. The molecule has 0 radical (unpaired) electrons. The molecule has 0 aliphatic heterocycles. The first kappa shape index (κ1) is 21.5. The van der Waals surface area contributed by atoms with Gasteiger partial charge in [0, 0.05) is 21.8 Å². The molecule has 0 atom stereocenters. The minimum Gasteiger partial charge on any atom is -0.383 e. The van der Waals surface area contributed by atoms with E-state index in [2.05, 4.69) is 20.6 Å². The van der Waals surface area contributed by atoms with Crippen LogP contribution in [0.3, 0.4) is 0 Å². The topological polar surface area (TPSA) is 92.9 Å². The molecule has 2 aromatic heterocycles. The van der Waals surface area contributed by atoms with Crippen molar-refractivity contribution in [3.63, 3.8) is 0 Å². The minimum absolute atomic E-state index is 0.191. The second-order valence-electron chi connectivity index (χ2n) is 6.82. The van der Waals surface area contributed by atoms with Crippen LogP contribution in [0.1, 0.15) is 10.4 Å². The van der Waals surface area contributed by atoms with Crippen LogP contribution in [0.2, 0.25) is 0 Å². The van der Waals surface area contributed by atoms with Gasteiger partial charge in [0.1, 0.15) is 22.8 Å². The van der Waals surface area contributed by atoms with Gasteiger partial charge in [-0.3, -0.25) is 0 Å². The maximum Gasteiger partial charge on any atom is 0.419 e. The van der Waals surface area contributed by atoms with Gasteiger partial charge in [0.25, 0.3) is 0 Å². The van der Waals surface area contributed by atoms with Crippen molar-refractivity contribution < 1.29 is 22.4 Å². The molecule has 0 spiro atoms. The van der Waals surface area contributed by atoms with Gasteiger partial charge in [0.2, 0.25) is 0 Å². The quantitative estimate of drug-likeness (QED) is 0.324. The molecule has 6 nitrogen and oxygen atoms in total. The van der Waals surface area contributed by atoms with Crippen molar-refractivity contribution in [2.24, 2.45) is 0 Å². The number of aryl methyl sites for hydroxylation is 1. The number of fused-ring (bicyclic) bond motifs is 1. The van der Waals surface area contributed by atoms with Crippen LogP contribution in [-0.4, -0.2) is 16.0 Å². The molecular weight excluding hydrogens is 446 g/mol. The maximum absolute atomic E-state index is 13.4. The van der Waals surface area contributed by atoms with Crippen LogP contribution < -0.4 is 16.4 Å². The predicted molar refractivity (Wildman–Crippen MR) is 116 cm³/mol. The minimum atomic E-state index is -4.87. The molecule has 0 aliphatic rings. The van der Waals surface area contributed by atoms with E-state index in [-0.39, 0.29) is 5.69 Å². The van der Waals surface area contributed by atoms with E-state index < -0.39 is 23.6 Å². The highest BCUT2D eigenvalue weighted by Crippen LogP contribution is 2.39. The number of hydrogen-bond acceptors (Lipinski definition) is 5. The van der Waals surface area contributed by atoms with Crippen LogP contribution in [0.4, 0.5) is 39.5 Å². The molecule has 2 aromatic carbocycles. The van der Waals surface area contributed by atoms with Gasteiger partial charge in [-0.15, -0.1) is 11.3 Å². The fraction of sp³-hybridized carbons (Fsp3) is 0.0952. The fourth-order valence-electron chi connectivity index (χ4n) is 3.25. The van der Waals surface area contributed by atoms with E-state index in [1.54, 1.807) is 24.3 Å². The maximum atomic E-state index is 13.4. The zero-order chi connectivity index (χ0) is 23.0. The summed E-state index contributed by atoms with van der Waals surface area (Å²) in [7, 11) is 0. The van der Waals surface area contributed by atoms with Crippen molar-refractivity contribution in [2.45, 2.75) is 13.1 Å². The molecule has 11 heteroatoms. The number of alkyl halides is 3. The lowest BCUT2D eigenvalue weighted by Crippen LogP contribution is -2.20. The summed E-state index contributed by atoms with van der Waals surface area (Å²) in [5, 5.41) is 5.55. The van der Waals surface area contributed by atoms with Crippen LogP contribution >= 0.6 is 11.3 Å². The first-order chi connectivity index (χ1) is 15.1. The Morgan fingerprint density at radius 1 is 1.03 bits per heavy atom. The number of hydrogen-bond donors (Lipinski definition) is 3. The van der Waals surface area contributed by atoms with Gasteiger partial charge in [0.15, 0.2) is 0 Å². The summed E-state index contributed by atoms with van der Waals surface area (Å²) < 4.78 is 51.9. The lowest BCUT2D eigenvalue weighted by Gasteiger charge is -2.12. The molecule has 164 valence electrons. The number of nitrogens with zero attached hydrogens (tertiary/aromatic N) is 2. The van der Waals surface area contributed by atoms with Crippen molar-refractivity contribution in [3.05, 3.63) is 65.0 Å². The average Bonchev–Trinajstić information content (AvgIpc) is 3.06. The van der Waals surface area contributed by atoms with Gasteiger partial charge in [0.05, 0.1) is 10.9 Å². The number of anilines is 3. The van der Waals surface area contributed by atoms with Crippen LogP contribution in [0, 0.1) is 12.7 Å². The van der Waals surface area contributed by atoms with Crippen LogP contribution in [0.5, 0.6) is 0 Å². The Balaban J connectivity index is 1.52. The number of nitrogen functional groups attached to an aromatic ring is 1. The van der Waals surface area contributed by atoms with Crippen molar-refractivity contribution >= 4 is 44.8 Å². The van der Waals surface area contributed by atoms with E-state index in [0.29, 0.717) is 23.6 Å². The highest BCUT2D eigenvalue weighted by Gasteiger charge is 2.34. The Morgan fingerprint density at radius 3 is 2.38 bits per heavy atom. The van der Waals surface area contributed by atoms with Crippen molar-refractivity contribution in [1.82, 2.24) is 9.97 Å². The van der Waals surface area contributed by atoms with Crippen LogP contribution in [0.25, 0.3) is 21.3 Å². The summed E-state index contributed by atoms with van der Waals surface area (Å²) in [6.07, 6.45) is -3.46. The van der Waals surface area contributed by atoms with Gasteiger partial charge in [-0.05, 0) is 42.8 Å². The van der Waals surface area contributed by atoms with Gasteiger partial charge in [-0.2, -0.15) is 13.2 Å². The summed E-state index contributed by atoms with van der Waals surface area (Å²) in [6, 6.07) is 8.29. The molecule has 4 rings (SSSR count). The van der Waals surface area contributed by atoms with Gasteiger partial charge >= 0.3 is 12.2 Å². The number of rotatable bonds is 3. The summed E-state index contributed by atoms with van der Waals surface area (Å²) in [4.78, 5) is 22.2. The average molecular weight is 461 g/mol. The summed E-state index contributed by atoms with van der Waals surface area (Å²) in [5.74, 6) is -1.05. The number of carbonyl (C=O) groups is 1. The Kier molecular flexibility index (Phi) is 5.43. The number of amides is 2. The van der Waals surface area contributed by atoms with E-state index in [0.717, 1.165) is 32.3 Å². The van der Waals surface area contributed by atoms with Gasteiger partial charge in [-0.25, -0.2) is 19.2 Å². The third kappa shape index (κ3) is 4.19. The Morgan fingerprint density at radius 2 is 1.69 bits per heavy atom. The number of nitrogens with one attached hydrogen (secondary N) is 2. The SMILES string of the molecule is Cc1sc2ncnc(N)c2c1-c1ccc(NC(=O)Nc2ccc(F)c(C(F)(F)F)c2)cc1. The highest BCUT2D eigenvalue weighted by molar-refractivity contribution is 7.19. The second-order valence-corrected chi connectivity index (χ2v) is 8.02. The fourth-order valence-corrected chi connectivity index (χ4v) is 4.27. The molecule has 0 bridgehead atoms. The first-order valence-electron chi connectivity index (χ1n) is 9.18. The Labute approximate surface area is 183 Å². The monoisotopic (exact) mass is 461 g/mol. The molecule has 4 aromatic rings. The molecule has 32 heavy (non-hydrogen) atoms. The number of thiophene rings is 1. The second kappa shape index (κ2) is 8.08. The van der Waals surface area contributed by atoms with Gasteiger partial charge < -0.3 is 16.4 Å². The van der Waals surface area contributed by atoms with Gasteiger partial charge in [-0.1, -0.05) is 12.1 Å². The zero-order valence-electron chi connectivity index (χ0n) is 16.4. The number of nitrogens with two attached hydrogens (primary N) is 1. The molecule has 0 saturated heterocycles. The zero-order valence-corrected chi connectivity index (χ0v) is 17.2. The smallest absolute Gasteiger partial charge is 0.383 e. The third-order valence-corrected chi connectivity index (χ3v) is 5.67. The van der Waals surface area contributed by atoms with E-state index in [9.17, 15) is 22.4 Å². The number of benzene rings is 2. The summed E-state index contributed by atoms with van der Waals surface area (Å²) in [6.45, 7) is 1.94. The molecule has 0 unspecified atom stereocenters. The van der Waals surface area contributed by atoms with Crippen LogP contribution in [-0.2, 0) is 6.18 Å². The highest BCUT2D eigenvalue weighted by atomic mass is 32.1. The third-order valence-electron chi connectivity index (χ3n) is 4.65. The summed E-state index contributed by atoms with van der Waals surface area (Å²) >= 11 is 1.49. The molecule has 0 saturated carbocycles. The normalized spacial score (nSPS) is 11.5. The largest absolute Gasteiger partial charge is 0.419 e. The number of urea groups is 1. The Hall–Kier alpha value is -3.73. The van der Waals surface area contributed by atoms with E-state index in [1.165, 1.54) is 17.7 Å². The Bertz CT molecular complexity index is 1320. The number of carbonyl (C=O) groups excluding carboxylic acids is 1. The lowest BCUT2D eigenvalue weighted by molar-refractivity contribution is -0.139. The molecule has 0 fully saturated rings. The first-order valence-corrected chi connectivity index (χ1v) is 10.00. The summed E-state index contributed by atoms with van der Waals surface area (Å²) in [5.41, 5.74) is 6.52. The van der Waals surface area contributed by atoms with E-state index >= 15 is 0 Å². The lowest BCUT2D eigenvalue weighted by atomic mass is 10.0. The van der Waals surface area contributed by atoms with Crippen molar-refractivity contribution in [1.29, 1.82) is 0 Å². The van der Waals surface area contributed by atoms with Crippen LogP contribution in [0.15, 0.2) is 48.8 Å². The number of aromatic nitrogens is 2. The standard InChI is InChI=1S/C21H15F4N5OS/c1-10-16(17-18(26)27-9-28-19(17)32-10)11-2-4-12(5-3-11)29-20(31)30-13-6-7-15(22)14(8-13)21(23,24)25/h2-9H,1H3,(H2,26,27,28)(H2,29,30,31). The van der Waals surface area contributed by atoms with E-state index in [4.69, 9.17) is 5.73 Å². The van der Waals surface area contributed by atoms with Crippen molar-refractivity contribution in [2.75, 3.05) is 16.4 Å². The molecule has 0 aliphatic carbocycles. The molecular formula is C21H15F4N5OS. The van der Waals surface area contributed by atoms with E-state index in [1.807, 2.05) is 6.92 Å². The predicted octanol–water partition coefficient (Wildman–Crippen LogP) is 6.05. The molecule has 2 amide bonds. The molecule has 4 N–H and O–H groups in total. The number of halogens is 4.